The molecule has 3 atom stereocenters. The number of carbonyl (C=O) groups excluding carboxylic acids is 1. The number of benzene rings is 1. The Morgan fingerprint density at radius 2 is 2.10 bits per heavy atom. The molecule has 0 aromatic heterocycles. The number of halogens is 1. The van der Waals surface area contributed by atoms with Gasteiger partial charge in [0.15, 0.2) is 0 Å². The lowest BCUT2D eigenvalue weighted by molar-refractivity contribution is 0.0996. The number of fused-ring (bicyclic) bond motifs is 2. The molecule has 1 aromatic carbocycles. The zero-order chi connectivity index (χ0) is 15.4. The van der Waals surface area contributed by atoms with Crippen molar-refractivity contribution in [2.45, 2.75) is 46.1 Å². The third-order valence-corrected chi connectivity index (χ3v) is 5.81. The summed E-state index contributed by atoms with van der Waals surface area (Å²) in [5.41, 5.74) is 6.43. The standard InChI is InChI=1S/C17H23FN2O/c1-16(2)10-6-7-17(3,9-10)15(16)20-11-4-5-13(18)12(8-11)14(19)21/h4-5,8,10,15,20H,6-7,9H2,1-3H3,(H2,19,21)/t10-,15?,17+/m0/s1. The van der Waals surface area contributed by atoms with Crippen LogP contribution in [0.2, 0.25) is 0 Å². The first-order chi connectivity index (χ1) is 9.74. The molecule has 2 aliphatic rings. The average molecular weight is 290 g/mol. The van der Waals surface area contributed by atoms with Gasteiger partial charge in [0.2, 0.25) is 0 Å². The van der Waals surface area contributed by atoms with Gasteiger partial charge in [-0.25, -0.2) is 4.39 Å². The number of amides is 1. The van der Waals surface area contributed by atoms with Crippen LogP contribution in [0.1, 0.15) is 50.4 Å². The summed E-state index contributed by atoms with van der Waals surface area (Å²) in [5, 5.41) is 3.55. The van der Waals surface area contributed by atoms with Crippen LogP contribution in [0, 0.1) is 22.6 Å². The fourth-order valence-corrected chi connectivity index (χ4v) is 4.63. The van der Waals surface area contributed by atoms with Gasteiger partial charge in [-0.1, -0.05) is 20.8 Å². The lowest BCUT2D eigenvalue weighted by Gasteiger charge is -2.43. The summed E-state index contributed by atoms with van der Waals surface area (Å²) >= 11 is 0. The molecule has 3 N–H and O–H groups in total. The van der Waals surface area contributed by atoms with Gasteiger partial charge in [0.1, 0.15) is 5.82 Å². The number of rotatable bonds is 3. The van der Waals surface area contributed by atoms with Crippen LogP contribution in [0.5, 0.6) is 0 Å². The normalized spacial score (nSPS) is 33.1. The lowest BCUT2D eigenvalue weighted by atomic mass is 9.68. The van der Waals surface area contributed by atoms with E-state index in [4.69, 9.17) is 5.73 Å². The van der Waals surface area contributed by atoms with Crippen molar-refractivity contribution in [3.8, 4) is 0 Å². The monoisotopic (exact) mass is 290 g/mol. The molecule has 1 unspecified atom stereocenters. The summed E-state index contributed by atoms with van der Waals surface area (Å²) in [6.45, 7) is 6.94. The molecule has 0 radical (unpaired) electrons. The van der Waals surface area contributed by atoms with E-state index in [-0.39, 0.29) is 16.4 Å². The van der Waals surface area contributed by atoms with Crippen LogP contribution in [-0.4, -0.2) is 11.9 Å². The number of anilines is 1. The van der Waals surface area contributed by atoms with Crippen molar-refractivity contribution >= 4 is 11.6 Å². The molecule has 2 bridgehead atoms. The zero-order valence-electron chi connectivity index (χ0n) is 12.9. The van der Waals surface area contributed by atoms with Gasteiger partial charge in [0, 0.05) is 11.7 Å². The van der Waals surface area contributed by atoms with Gasteiger partial charge >= 0.3 is 0 Å². The molecule has 2 saturated carbocycles. The minimum atomic E-state index is -0.727. The number of nitrogens with two attached hydrogens (primary N) is 1. The SMILES string of the molecule is CC1(C)C(Nc2ccc(F)c(C(N)=O)c2)[C@]2(C)CC[C@H]1C2. The van der Waals surface area contributed by atoms with Crippen LogP contribution in [0.15, 0.2) is 18.2 Å². The van der Waals surface area contributed by atoms with Crippen molar-refractivity contribution < 1.29 is 9.18 Å². The molecule has 2 aliphatic carbocycles. The second kappa shape index (κ2) is 4.46. The Balaban J connectivity index is 1.90. The van der Waals surface area contributed by atoms with Gasteiger partial charge in [-0.15, -0.1) is 0 Å². The highest BCUT2D eigenvalue weighted by atomic mass is 19.1. The molecular formula is C17H23FN2O. The van der Waals surface area contributed by atoms with Gasteiger partial charge < -0.3 is 11.1 Å². The molecule has 2 fully saturated rings. The van der Waals surface area contributed by atoms with E-state index >= 15 is 0 Å². The summed E-state index contributed by atoms with van der Waals surface area (Å²) in [4.78, 5) is 11.3. The van der Waals surface area contributed by atoms with Gasteiger partial charge in [-0.2, -0.15) is 0 Å². The third-order valence-electron chi connectivity index (χ3n) is 5.81. The van der Waals surface area contributed by atoms with E-state index in [1.807, 2.05) is 0 Å². The molecule has 0 saturated heterocycles. The van der Waals surface area contributed by atoms with Crippen LogP contribution in [0.3, 0.4) is 0 Å². The first-order valence-electron chi connectivity index (χ1n) is 7.60. The Morgan fingerprint density at radius 1 is 1.38 bits per heavy atom. The second-order valence-electron chi connectivity index (χ2n) is 7.55. The Kier molecular flexibility index (Phi) is 3.05. The molecule has 114 valence electrons. The van der Waals surface area contributed by atoms with Crippen LogP contribution in [0.4, 0.5) is 10.1 Å². The number of hydrogen-bond acceptors (Lipinski definition) is 2. The molecule has 4 heteroatoms. The Labute approximate surface area is 125 Å². The van der Waals surface area contributed by atoms with Gasteiger partial charge in [0.05, 0.1) is 5.56 Å². The second-order valence-corrected chi connectivity index (χ2v) is 7.55. The maximum Gasteiger partial charge on any atom is 0.251 e. The molecule has 3 rings (SSSR count). The van der Waals surface area contributed by atoms with Gasteiger partial charge in [-0.05, 0) is 54.2 Å². The summed E-state index contributed by atoms with van der Waals surface area (Å²) in [5.74, 6) is -0.558. The van der Waals surface area contributed by atoms with E-state index in [0.717, 1.165) is 11.6 Å². The number of hydrogen-bond donors (Lipinski definition) is 2. The summed E-state index contributed by atoms with van der Waals surface area (Å²) < 4.78 is 13.6. The number of nitrogens with one attached hydrogen (secondary N) is 1. The highest BCUT2D eigenvalue weighted by Gasteiger charge is 2.59. The largest absolute Gasteiger partial charge is 0.381 e. The molecule has 1 amide bonds. The number of carbonyl (C=O) groups is 1. The molecule has 3 nitrogen and oxygen atoms in total. The Morgan fingerprint density at radius 3 is 2.67 bits per heavy atom. The Bertz CT molecular complexity index is 594. The maximum absolute atomic E-state index is 13.6. The van der Waals surface area contributed by atoms with Crippen LogP contribution >= 0.6 is 0 Å². The molecule has 0 spiro atoms. The number of primary amides is 1. The van der Waals surface area contributed by atoms with E-state index in [0.29, 0.717) is 6.04 Å². The fraction of sp³-hybridized carbons (Fsp3) is 0.588. The highest BCUT2D eigenvalue weighted by molar-refractivity contribution is 5.94. The van der Waals surface area contributed by atoms with Crippen molar-refractivity contribution in [3.05, 3.63) is 29.6 Å². The summed E-state index contributed by atoms with van der Waals surface area (Å²) in [7, 11) is 0. The average Bonchev–Trinajstić information content (AvgIpc) is 2.87. The lowest BCUT2D eigenvalue weighted by Crippen LogP contribution is -2.45. The molecule has 0 heterocycles. The molecule has 0 aliphatic heterocycles. The van der Waals surface area contributed by atoms with Crippen molar-refractivity contribution in [2.75, 3.05) is 5.32 Å². The zero-order valence-corrected chi connectivity index (χ0v) is 12.9. The fourth-order valence-electron chi connectivity index (χ4n) is 4.63. The maximum atomic E-state index is 13.6. The van der Waals surface area contributed by atoms with Crippen LogP contribution in [-0.2, 0) is 0 Å². The topological polar surface area (TPSA) is 55.1 Å². The van der Waals surface area contributed by atoms with Gasteiger partial charge in [0.25, 0.3) is 5.91 Å². The van der Waals surface area contributed by atoms with E-state index in [2.05, 4.69) is 26.1 Å². The van der Waals surface area contributed by atoms with Crippen molar-refractivity contribution in [1.29, 1.82) is 0 Å². The van der Waals surface area contributed by atoms with Crippen molar-refractivity contribution in [3.63, 3.8) is 0 Å². The van der Waals surface area contributed by atoms with E-state index in [9.17, 15) is 9.18 Å². The van der Waals surface area contributed by atoms with E-state index in [1.165, 1.54) is 31.4 Å². The summed E-state index contributed by atoms with van der Waals surface area (Å²) in [6, 6.07) is 4.86. The van der Waals surface area contributed by atoms with E-state index in [1.54, 1.807) is 6.07 Å². The predicted octanol–water partition coefficient (Wildman–Crippen LogP) is 3.55. The smallest absolute Gasteiger partial charge is 0.251 e. The third kappa shape index (κ3) is 2.12. The predicted molar refractivity (Wildman–Crippen MR) is 81.6 cm³/mol. The first kappa shape index (κ1) is 14.4. The van der Waals surface area contributed by atoms with Crippen LogP contribution < -0.4 is 11.1 Å². The van der Waals surface area contributed by atoms with Gasteiger partial charge in [-0.3, -0.25) is 4.79 Å². The van der Waals surface area contributed by atoms with Crippen molar-refractivity contribution in [2.24, 2.45) is 22.5 Å². The van der Waals surface area contributed by atoms with Crippen LogP contribution in [0.25, 0.3) is 0 Å². The quantitative estimate of drug-likeness (QED) is 0.894. The van der Waals surface area contributed by atoms with E-state index < -0.39 is 11.7 Å². The van der Waals surface area contributed by atoms with Crippen molar-refractivity contribution in [1.82, 2.24) is 0 Å². The minimum absolute atomic E-state index is 0.0499. The molecular weight excluding hydrogens is 267 g/mol. The highest BCUT2D eigenvalue weighted by Crippen LogP contribution is 2.63. The molecule has 21 heavy (non-hydrogen) atoms. The summed E-state index contributed by atoms with van der Waals surface area (Å²) in [6.07, 6.45) is 3.75. The molecule has 1 aromatic rings. The Hall–Kier alpha value is -1.58. The first-order valence-corrected chi connectivity index (χ1v) is 7.60. The minimum Gasteiger partial charge on any atom is -0.381 e.